The summed E-state index contributed by atoms with van der Waals surface area (Å²) in [5.41, 5.74) is 6.41. The van der Waals surface area contributed by atoms with Crippen LogP contribution in [0.1, 0.15) is 22.0 Å². The van der Waals surface area contributed by atoms with Gasteiger partial charge in [-0.05, 0) is 42.5 Å². The van der Waals surface area contributed by atoms with Crippen LogP contribution in [-0.4, -0.2) is 64.2 Å². The Morgan fingerprint density at radius 2 is 1.84 bits per heavy atom. The van der Waals surface area contributed by atoms with Crippen LogP contribution in [0.15, 0.2) is 83.9 Å². The Morgan fingerprint density at radius 3 is 2.58 bits per heavy atom. The zero-order chi connectivity index (χ0) is 31.5. The summed E-state index contributed by atoms with van der Waals surface area (Å²) in [5.74, 6) is -0.00489. The normalized spacial score (nSPS) is 16.0. The number of anilines is 1. The Kier molecular flexibility index (Phi) is 8.27. The average Bonchev–Trinajstić information content (AvgIpc) is 3.62. The van der Waals surface area contributed by atoms with Crippen molar-refractivity contribution in [3.8, 4) is 22.9 Å². The second-order valence-electron chi connectivity index (χ2n) is 10.2. The van der Waals surface area contributed by atoms with Gasteiger partial charge in [-0.1, -0.05) is 18.2 Å². The molecule has 0 saturated carbocycles. The highest BCUT2D eigenvalue weighted by atomic mass is 16.6. The molecule has 2 atom stereocenters. The molecular formula is C32H30N6O7. The molecule has 5 aromatic rings. The van der Waals surface area contributed by atoms with Crippen LogP contribution >= 0.6 is 0 Å². The molecule has 0 radical (unpaired) electrons. The van der Waals surface area contributed by atoms with Gasteiger partial charge in [0.05, 0.1) is 55.9 Å². The lowest BCUT2D eigenvalue weighted by Crippen LogP contribution is -2.31. The van der Waals surface area contributed by atoms with Crippen molar-refractivity contribution in [1.82, 2.24) is 19.3 Å². The van der Waals surface area contributed by atoms with Gasteiger partial charge in [0.1, 0.15) is 34.7 Å². The Balaban J connectivity index is 1.29. The second kappa shape index (κ2) is 12.6. The number of nitrogens with one attached hydrogen (secondary N) is 1. The van der Waals surface area contributed by atoms with E-state index in [0.29, 0.717) is 34.1 Å². The molecule has 1 aliphatic rings. The van der Waals surface area contributed by atoms with Crippen LogP contribution in [0, 0.1) is 0 Å². The lowest BCUT2D eigenvalue weighted by atomic mass is 9.97. The number of carbonyl (C=O) groups excluding carboxylic acids is 2. The first-order chi connectivity index (χ1) is 21.9. The molecule has 0 aliphatic carbocycles. The van der Waals surface area contributed by atoms with Crippen LogP contribution < -0.4 is 26.1 Å². The Hall–Kier alpha value is -5.53. The number of para-hydroxylation sites is 1. The molecule has 4 heterocycles. The zero-order valence-electron chi connectivity index (χ0n) is 24.5. The van der Waals surface area contributed by atoms with Crippen LogP contribution in [0.25, 0.3) is 16.6 Å². The monoisotopic (exact) mass is 610 g/mol. The van der Waals surface area contributed by atoms with E-state index in [2.05, 4.69) is 15.3 Å². The summed E-state index contributed by atoms with van der Waals surface area (Å²) in [6.45, 7) is -0.0703. The minimum atomic E-state index is -0.732. The maximum atomic E-state index is 13.8. The quantitative estimate of drug-likeness (QED) is 0.237. The molecule has 13 nitrogen and oxygen atoms in total. The van der Waals surface area contributed by atoms with Crippen molar-refractivity contribution < 1.29 is 28.5 Å². The fraction of sp³-hybridized carbons (Fsp3) is 0.219. The van der Waals surface area contributed by atoms with E-state index in [1.165, 1.54) is 10.9 Å². The fourth-order valence-electron chi connectivity index (χ4n) is 5.38. The number of nitrogens with two attached hydrogens (primary N) is 1. The first kappa shape index (κ1) is 29.5. The van der Waals surface area contributed by atoms with Crippen LogP contribution in [0.5, 0.6) is 17.2 Å². The first-order valence-corrected chi connectivity index (χ1v) is 14.1. The number of amides is 1. The van der Waals surface area contributed by atoms with Gasteiger partial charge in [-0.2, -0.15) is 0 Å². The van der Waals surface area contributed by atoms with Crippen molar-refractivity contribution in [2.24, 2.45) is 12.8 Å². The van der Waals surface area contributed by atoms with E-state index in [-0.39, 0.29) is 31.1 Å². The maximum absolute atomic E-state index is 13.8. The van der Waals surface area contributed by atoms with Crippen LogP contribution in [0.2, 0.25) is 0 Å². The molecule has 2 unspecified atom stereocenters. The number of hydrogen-bond acceptors (Lipinski definition) is 10. The van der Waals surface area contributed by atoms with Gasteiger partial charge in [-0.25, -0.2) is 9.67 Å². The van der Waals surface area contributed by atoms with E-state index in [1.54, 1.807) is 67.5 Å². The number of carbonyl (C=O) groups is 2. The number of methoxy groups -OCH3 is 1. The van der Waals surface area contributed by atoms with Gasteiger partial charge in [-0.3, -0.25) is 24.0 Å². The van der Waals surface area contributed by atoms with Gasteiger partial charge in [-0.15, -0.1) is 0 Å². The van der Waals surface area contributed by atoms with E-state index in [9.17, 15) is 14.4 Å². The maximum Gasteiger partial charge on any atom is 0.320 e. The van der Waals surface area contributed by atoms with Crippen molar-refractivity contribution in [1.29, 1.82) is 0 Å². The molecule has 1 amide bonds. The van der Waals surface area contributed by atoms with Crippen LogP contribution in [0.4, 0.5) is 5.82 Å². The van der Waals surface area contributed by atoms with Gasteiger partial charge < -0.3 is 30.0 Å². The van der Waals surface area contributed by atoms with Crippen molar-refractivity contribution in [3.05, 3.63) is 101 Å². The van der Waals surface area contributed by atoms with E-state index in [1.807, 2.05) is 24.3 Å². The van der Waals surface area contributed by atoms with Gasteiger partial charge in [0.2, 0.25) is 0 Å². The summed E-state index contributed by atoms with van der Waals surface area (Å²) >= 11 is 0. The second-order valence-corrected chi connectivity index (χ2v) is 10.2. The molecule has 1 saturated heterocycles. The number of esters is 1. The number of rotatable bonds is 9. The summed E-state index contributed by atoms with van der Waals surface area (Å²) in [4.78, 5) is 48.4. The number of benzene rings is 2. The summed E-state index contributed by atoms with van der Waals surface area (Å²) in [6.07, 6.45) is 2.37. The summed E-state index contributed by atoms with van der Waals surface area (Å²) in [7, 11) is 3.26. The summed E-state index contributed by atoms with van der Waals surface area (Å²) < 4.78 is 25.5. The lowest BCUT2D eigenvalue weighted by Gasteiger charge is -2.20. The molecule has 1 aliphatic heterocycles. The van der Waals surface area contributed by atoms with Crippen molar-refractivity contribution in [2.75, 3.05) is 32.2 Å². The number of nitrogens with zero attached hydrogens (tertiary/aromatic N) is 4. The van der Waals surface area contributed by atoms with E-state index >= 15 is 0 Å². The molecule has 3 aromatic heterocycles. The van der Waals surface area contributed by atoms with Crippen LogP contribution in [-0.2, 0) is 21.3 Å². The number of pyridine rings is 2. The molecule has 2 aromatic carbocycles. The number of aromatic nitrogens is 4. The van der Waals surface area contributed by atoms with Gasteiger partial charge >= 0.3 is 5.97 Å². The lowest BCUT2D eigenvalue weighted by molar-refractivity contribution is -0.147. The molecule has 13 heteroatoms. The smallest absolute Gasteiger partial charge is 0.320 e. The predicted molar refractivity (Wildman–Crippen MR) is 164 cm³/mol. The van der Waals surface area contributed by atoms with Gasteiger partial charge in [0.25, 0.3) is 11.5 Å². The molecule has 0 bridgehead atoms. The van der Waals surface area contributed by atoms with E-state index < -0.39 is 29.5 Å². The number of ether oxygens (including phenoxy) is 4. The third kappa shape index (κ3) is 5.86. The standard InChI is InChI=1S/C32H30N6O7/c1-37-30(23-17-43-18-26(23)45-28(39)15-33)29(32(41)38(37)19-6-4-3-5-7-19)31(40)36-27-11-9-21(16-35-27)44-25-12-13-34-24-14-20(42-2)8-10-22(24)25/h3-14,16,23,26H,15,17-18,33H2,1-2H3,(H,35,36,40). The highest BCUT2D eigenvalue weighted by Gasteiger charge is 2.39. The Morgan fingerprint density at radius 1 is 1.04 bits per heavy atom. The summed E-state index contributed by atoms with van der Waals surface area (Å²) in [6, 6.07) is 19.4. The Labute approximate surface area is 257 Å². The largest absolute Gasteiger partial charge is 0.497 e. The van der Waals surface area contributed by atoms with Crippen molar-refractivity contribution in [3.63, 3.8) is 0 Å². The summed E-state index contributed by atoms with van der Waals surface area (Å²) in [5, 5.41) is 3.52. The average molecular weight is 611 g/mol. The van der Waals surface area contributed by atoms with E-state index in [0.717, 1.165) is 5.39 Å². The molecular weight excluding hydrogens is 580 g/mol. The van der Waals surface area contributed by atoms with Crippen LogP contribution in [0.3, 0.4) is 0 Å². The van der Waals surface area contributed by atoms with Gasteiger partial charge in [0, 0.05) is 24.7 Å². The molecule has 1 fully saturated rings. The zero-order valence-corrected chi connectivity index (χ0v) is 24.5. The van der Waals surface area contributed by atoms with Crippen molar-refractivity contribution >= 4 is 28.6 Å². The highest BCUT2D eigenvalue weighted by Crippen LogP contribution is 2.32. The third-order valence-electron chi connectivity index (χ3n) is 7.48. The molecule has 45 heavy (non-hydrogen) atoms. The first-order valence-electron chi connectivity index (χ1n) is 14.1. The van der Waals surface area contributed by atoms with Crippen molar-refractivity contribution in [2.45, 2.75) is 12.0 Å². The highest BCUT2D eigenvalue weighted by molar-refractivity contribution is 6.04. The Bertz CT molecular complexity index is 1920. The molecule has 0 spiro atoms. The number of hydrogen-bond donors (Lipinski definition) is 2. The molecule has 230 valence electrons. The number of fused-ring (bicyclic) bond motifs is 1. The third-order valence-corrected chi connectivity index (χ3v) is 7.48. The molecule has 3 N–H and O–H groups in total. The topological polar surface area (TPSA) is 162 Å². The minimum absolute atomic E-state index is 0.103. The van der Waals surface area contributed by atoms with Gasteiger partial charge in [0.15, 0.2) is 0 Å². The van der Waals surface area contributed by atoms with E-state index in [4.69, 9.17) is 24.7 Å². The predicted octanol–water partition coefficient (Wildman–Crippen LogP) is 3.16. The molecule has 6 rings (SSSR count). The fourth-order valence-corrected chi connectivity index (χ4v) is 5.38. The minimum Gasteiger partial charge on any atom is -0.497 e. The SMILES string of the molecule is COc1ccc2c(Oc3ccc(NC(=O)c4c(C5COCC5OC(=O)CN)n(C)n(-c5ccccc5)c4=O)nc3)ccnc2c1.